The number of nitrogens with two attached hydrogens (primary N) is 1. The number of hydrogen-bond donors (Lipinski definition) is 2. The summed E-state index contributed by atoms with van der Waals surface area (Å²) in [7, 11) is 0. The number of anilines is 1. The molecule has 1 atom stereocenters. The number of amides is 1. The molecule has 0 unspecified atom stereocenters. The van der Waals surface area contributed by atoms with Crippen LogP contribution in [0.4, 0.5) is 5.82 Å². The molecule has 2 heterocycles. The van der Waals surface area contributed by atoms with E-state index in [1.807, 2.05) is 0 Å². The van der Waals surface area contributed by atoms with Crippen LogP contribution in [0.2, 0.25) is 10.0 Å². The molecule has 26 heavy (non-hydrogen) atoms. The van der Waals surface area contributed by atoms with Gasteiger partial charge in [0.1, 0.15) is 5.82 Å². The molecule has 3 aromatic rings. The molecule has 0 aliphatic heterocycles. The third kappa shape index (κ3) is 4.27. The molecule has 3 N–H and O–H groups in total. The number of carbonyl (C=O) groups excluding carboxylic acids is 1. The number of rotatable bonds is 5. The van der Waals surface area contributed by atoms with Crippen LogP contribution in [-0.4, -0.2) is 31.0 Å². The van der Waals surface area contributed by atoms with Gasteiger partial charge < -0.3 is 11.2 Å². The predicted octanol–water partition coefficient (Wildman–Crippen LogP) is 3.48. The van der Waals surface area contributed by atoms with Crippen LogP contribution in [0.25, 0.3) is 11.4 Å². The zero-order chi connectivity index (χ0) is 18.7. The van der Waals surface area contributed by atoms with E-state index >= 15 is 0 Å². The molecule has 0 aliphatic rings. The van der Waals surface area contributed by atoms with Crippen molar-refractivity contribution in [2.45, 2.75) is 17.3 Å². The van der Waals surface area contributed by atoms with Crippen LogP contribution in [0, 0.1) is 0 Å². The van der Waals surface area contributed by atoms with Crippen molar-refractivity contribution in [3.63, 3.8) is 0 Å². The Morgan fingerprint density at radius 3 is 2.50 bits per heavy atom. The van der Waals surface area contributed by atoms with E-state index in [0.717, 1.165) is 5.56 Å². The summed E-state index contributed by atoms with van der Waals surface area (Å²) in [6.45, 7) is 1.74. The summed E-state index contributed by atoms with van der Waals surface area (Å²) in [4.78, 5) is 16.3. The Labute approximate surface area is 163 Å². The number of nitrogens with one attached hydrogen (secondary N) is 1. The van der Waals surface area contributed by atoms with Crippen molar-refractivity contribution in [3.05, 3.63) is 52.6 Å². The largest absolute Gasteiger partial charge is 0.335 e. The van der Waals surface area contributed by atoms with Crippen molar-refractivity contribution in [2.75, 3.05) is 11.2 Å². The topological polar surface area (TPSA) is 98.7 Å². The van der Waals surface area contributed by atoms with Crippen LogP contribution < -0.4 is 11.2 Å². The lowest BCUT2D eigenvalue weighted by molar-refractivity contribution is -0.115. The zero-order valence-electron chi connectivity index (χ0n) is 13.6. The number of pyridine rings is 1. The predicted molar refractivity (Wildman–Crippen MR) is 104 cm³/mol. The maximum absolute atomic E-state index is 12.3. The molecule has 10 heteroatoms. The van der Waals surface area contributed by atoms with Crippen molar-refractivity contribution in [3.8, 4) is 11.4 Å². The molecule has 0 saturated heterocycles. The Hall–Kier alpha value is -2.29. The van der Waals surface area contributed by atoms with Gasteiger partial charge in [0.2, 0.25) is 11.1 Å². The van der Waals surface area contributed by atoms with Gasteiger partial charge >= 0.3 is 0 Å². The van der Waals surface area contributed by atoms with Crippen molar-refractivity contribution >= 4 is 46.7 Å². The van der Waals surface area contributed by atoms with Crippen LogP contribution >= 0.6 is 35.0 Å². The second-order valence-electron chi connectivity index (χ2n) is 5.29. The van der Waals surface area contributed by atoms with E-state index in [4.69, 9.17) is 29.0 Å². The van der Waals surface area contributed by atoms with Gasteiger partial charge in [-0.3, -0.25) is 4.79 Å². The standard InChI is InChI=1S/C16H14Cl2N6OS/c1-9(15(25)21-13-7-6-12(18)8-20-13)26-16-23-22-14(24(16)19)10-2-4-11(17)5-3-10/h2-9H,19H2,1H3,(H,20,21,25)/t9-/m1/s1. The van der Waals surface area contributed by atoms with Gasteiger partial charge in [-0.25, -0.2) is 9.66 Å². The molecule has 0 fully saturated rings. The summed E-state index contributed by atoms with van der Waals surface area (Å²) in [6.07, 6.45) is 1.46. The number of hydrogen-bond acceptors (Lipinski definition) is 6. The highest BCUT2D eigenvalue weighted by Gasteiger charge is 2.20. The molecular formula is C16H14Cl2N6OS. The van der Waals surface area contributed by atoms with Gasteiger partial charge in [0.05, 0.1) is 10.3 Å². The van der Waals surface area contributed by atoms with Crippen molar-refractivity contribution in [1.29, 1.82) is 0 Å². The van der Waals surface area contributed by atoms with Crippen molar-refractivity contribution in [1.82, 2.24) is 19.9 Å². The van der Waals surface area contributed by atoms with Gasteiger partial charge in [0.15, 0.2) is 5.82 Å². The fourth-order valence-corrected chi connectivity index (χ4v) is 3.05. The van der Waals surface area contributed by atoms with Gasteiger partial charge in [-0.15, -0.1) is 10.2 Å². The van der Waals surface area contributed by atoms with E-state index in [2.05, 4.69) is 20.5 Å². The monoisotopic (exact) mass is 408 g/mol. The Balaban J connectivity index is 1.69. The number of benzene rings is 1. The smallest absolute Gasteiger partial charge is 0.238 e. The normalized spacial score (nSPS) is 12.0. The molecule has 7 nitrogen and oxygen atoms in total. The van der Waals surface area contributed by atoms with E-state index in [1.54, 1.807) is 43.3 Å². The second-order valence-corrected chi connectivity index (χ2v) is 7.47. The highest BCUT2D eigenvalue weighted by molar-refractivity contribution is 8.00. The van der Waals surface area contributed by atoms with Crippen LogP contribution in [0.5, 0.6) is 0 Å². The fourth-order valence-electron chi connectivity index (χ4n) is 2.04. The SMILES string of the molecule is C[C@@H](Sc1nnc(-c2ccc(Cl)cc2)n1N)C(=O)Nc1ccc(Cl)cn1. The first-order valence-corrected chi connectivity index (χ1v) is 9.13. The van der Waals surface area contributed by atoms with E-state index < -0.39 is 5.25 Å². The molecule has 3 rings (SSSR count). The van der Waals surface area contributed by atoms with Crippen LogP contribution in [-0.2, 0) is 4.79 Å². The summed E-state index contributed by atoms with van der Waals surface area (Å²) in [5, 5.41) is 11.9. The summed E-state index contributed by atoms with van der Waals surface area (Å²) in [5.74, 6) is 6.74. The lowest BCUT2D eigenvalue weighted by atomic mass is 10.2. The Bertz CT molecular complexity index is 913. The number of aromatic nitrogens is 4. The van der Waals surface area contributed by atoms with Crippen LogP contribution in [0.15, 0.2) is 47.8 Å². The number of nitrogen functional groups attached to an aromatic ring is 1. The average molecular weight is 409 g/mol. The lowest BCUT2D eigenvalue weighted by Crippen LogP contribution is -2.24. The van der Waals surface area contributed by atoms with E-state index in [0.29, 0.717) is 26.8 Å². The molecule has 0 bridgehead atoms. The Kier molecular flexibility index (Phi) is 5.65. The maximum atomic E-state index is 12.3. The highest BCUT2D eigenvalue weighted by atomic mass is 35.5. The number of carbonyl (C=O) groups is 1. The first-order chi connectivity index (χ1) is 12.4. The van der Waals surface area contributed by atoms with Crippen LogP contribution in [0.1, 0.15) is 6.92 Å². The number of halogens is 2. The van der Waals surface area contributed by atoms with Gasteiger partial charge in [0.25, 0.3) is 0 Å². The Morgan fingerprint density at radius 2 is 1.85 bits per heavy atom. The molecule has 1 amide bonds. The molecule has 134 valence electrons. The van der Waals surface area contributed by atoms with Gasteiger partial charge in [-0.05, 0) is 43.3 Å². The molecule has 2 aromatic heterocycles. The minimum atomic E-state index is -0.461. The highest BCUT2D eigenvalue weighted by Crippen LogP contribution is 2.26. The number of thioether (sulfide) groups is 1. The third-order valence-corrected chi connectivity index (χ3v) is 4.93. The average Bonchev–Trinajstić information content (AvgIpc) is 2.98. The molecule has 0 saturated carbocycles. The first kappa shape index (κ1) is 18.5. The summed E-state index contributed by atoms with van der Waals surface area (Å²) >= 11 is 12.9. The Morgan fingerprint density at radius 1 is 1.15 bits per heavy atom. The van der Waals surface area contributed by atoms with Gasteiger partial charge in [-0.2, -0.15) is 0 Å². The lowest BCUT2D eigenvalue weighted by Gasteiger charge is -2.11. The molecule has 0 spiro atoms. The second kappa shape index (κ2) is 7.94. The number of nitrogens with zero attached hydrogens (tertiary/aromatic N) is 4. The summed E-state index contributed by atoms with van der Waals surface area (Å²) in [5.41, 5.74) is 0.777. The molecule has 0 radical (unpaired) electrons. The maximum Gasteiger partial charge on any atom is 0.238 e. The van der Waals surface area contributed by atoms with E-state index in [-0.39, 0.29) is 5.91 Å². The van der Waals surface area contributed by atoms with Gasteiger partial charge in [-0.1, -0.05) is 35.0 Å². The van der Waals surface area contributed by atoms with E-state index in [1.165, 1.54) is 22.6 Å². The van der Waals surface area contributed by atoms with Gasteiger partial charge in [0, 0.05) is 16.8 Å². The summed E-state index contributed by atoms with van der Waals surface area (Å²) < 4.78 is 1.35. The first-order valence-electron chi connectivity index (χ1n) is 7.49. The minimum Gasteiger partial charge on any atom is -0.335 e. The third-order valence-electron chi connectivity index (χ3n) is 3.40. The summed E-state index contributed by atoms with van der Waals surface area (Å²) in [6, 6.07) is 10.4. The van der Waals surface area contributed by atoms with Crippen LogP contribution in [0.3, 0.4) is 0 Å². The molecule has 0 aliphatic carbocycles. The molecule has 1 aromatic carbocycles. The van der Waals surface area contributed by atoms with Crippen molar-refractivity contribution < 1.29 is 4.79 Å². The fraction of sp³-hybridized carbons (Fsp3) is 0.125. The quantitative estimate of drug-likeness (QED) is 0.495. The minimum absolute atomic E-state index is 0.235. The van der Waals surface area contributed by atoms with Crippen molar-refractivity contribution in [2.24, 2.45) is 0 Å². The zero-order valence-corrected chi connectivity index (χ0v) is 15.9. The molecular weight excluding hydrogens is 395 g/mol. The van der Waals surface area contributed by atoms with E-state index in [9.17, 15) is 4.79 Å².